The number of rotatable bonds is 4. The summed E-state index contributed by atoms with van der Waals surface area (Å²) in [7, 11) is 1.65. The molecular formula is C12H15N3O2. The standard InChI is InChI=1S/C12H15N3O2/c1-8-5-11-9(6-10(8)12(13)16)7-15(14-11)3-4-17-2/h5-7H,3-4H2,1-2H3,(H2,13,16). The molecule has 0 spiro atoms. The van der Waals surface area contributed by atoms with Crippen LogP contribution in [0.1, 0.15) is 15.9 Å². The summed E-state index contributed by atoms with van der Waals surface area (Å²) >= 11 is 0. The number of methoxy groups -OCH3 is 1. The number of hydrogen-bond acceptors (Lipinski definition) is 3. The van der Waals surface area contributed by atoms with Gasteiger partial charge in [-0.1, -0.05) is 0 Å². The first-order valence-electron chi connectivity index (χ1n) is 5.38. The monoisotopic (exact) mass is 233 g/mol. The average molecular weight is 233 g/mol. The Bertz CT molecular complexity index is 560. The quantitative estimate of drug-likeness (QED) is 0.859. The van der Waals surface area contributed by atoms with E-state index in [1.807, 2.05) is 19.2 Å². The van der Waals surface area contributed by atoms with Crippen molar-refractivity contribution in [1.82, 2.24) is 9.78 Å². The van der Waals surface area contributed by atoms with Gasteiger partial charge in [-0.15, -0.1) is 0 Å². The predicted octanol–water partition coefficient (Wildman–Crippen LogP) is 1.09. The van der Waals surface area contributed by atoms with Crippen molar-refractivity contribution in [2.45, 2.75) is 13.5 Å². The molecule has 0 unspecified atom stereocenters. The van der Waals surface area contributed by atoms with Crippen LogP contribution in [-0.4, -0.2) is 29.4 Å². The van der Waals surface area contributed by atoms with Crippen LogP contribution in [0.4, 0.5) is 0 Å². The Kier molecular flexibility index (Phi) is 3.10. The fraction of sp³-hybridized carbons (Fsp3) is 0.333. The Labute approximate surface area is 99.2 Å². The molecule has 0 saturated carbocycles. The van der Waals surface area contributed by atoms with Gasteiger partial charge in [-0.05, 0) is 24.6 Å². The van der Waals surface area contributed by atoms with Crippen LogP contribution in [0.25, 0.3) is 10.9 Å². The van der Waals surface area contributed by atoms with E-state index in [1.165, 1.54) is 0 Å². The van der Waals surface area contributed by atoms with E-state index < -0.39 is 5.91 Å². The summed E-state index contributed by atoms with van der Waals surface area (Å²) in [5.41, 5.74) is 7.57. The van der Waals surface area contributed by atoms with Crippen molar-refractivity contribution in [3.8, 4) is 0 Å². The molecule has 2 rings (SSSR count). The number of ether oxygens (including phenoxy) is 1. The second-order valence-electron chi connectivity index (χ2n) is 3.98. The molecule has 1 amide bonds. The first-order chi connectivity index (χ1) is 8.11. The van der Waals surface area contributed by atoms with Crippen LogP contribution in [0.15, 0.2) is 18.3 Å². The Morgan fingerprint density at radius 3 is 2.94 bits per heavy atom. The van der Waals surface area contributed by atoms with E-state index in [1.54, 1.807) is 17.9 Å². The molecule has 5 nitrogen and oxygen atoms in total. The topological polar surface area (TPSA) is 70.1 Å². The van der Waals surface area contributed by atoms with Gasteiger partial charge in [0.1, 0.15) is 0 Å². The third-order valence-corrected chi connectivity index (χ3v) is 2.69. The van der Waals surface area contributed by atoms with Crippen molar-refractivity contribution in [2.75, 3.05) is 13.7 Å². The van der Waals surface area contributed by atoms with Gasteiger partial charge in [0.25, 0.3) is 0 Å². The molecule has 0 atom stereocenters. The summed E-state index contributed by atoms with van der Waals surface area (Å²) in [6.07, 6.45) is 1.89. The van der Waals surface area contributed by atoms with Crippen molar-refractivity contribution in [1.29, 1.82) is 0 Å². The van der Waals surface area contributed by atoms with E-state index in [2.05, 4.69) is 5.10 Å². The van der Waals surface area contributed by atoms with E-state index in [4.69, 9.17) is 10.5 Å². The van der Waals surface area contributed by atoms with E-state index in [0.717, 1.165) is 16.5 Å². The van der Waals surface area contributed by atoms with Crippen molar-refractivity contribution in [2.24, 2.45) is 5.73 Å². The summed E-state index contributed by atoms with van der Waals surface area (Å²) in [6, 6.07) is 3.65. The smallest absolute Gasteiger partial charge is 0.248 e. The largest absolute Gasteiger partial charge is 0.383 e. The number of aromatic nitrogens is 2. The predicted molar refractivity (Wildman–Crippen MR) is 64.9 cm³/mol. The minimum absolute atomic E-state index is 0.408. The van der Waals surface area contributed by atoms with Gasteiger partial charge in [-0.3, -0.25) is 9.48 Å². The second kappa shape index (κ2) is 4.55. The maximum atomic E-state index is 11.2. The number of carbonyl (C=O) groups is 1. The number of nitrogens with zero attached hydrogens (tertiary/aromatic N) is 2. The summed E-state index contributed by atoms with van der Waals surface area (Å²) in [4.78, 5) is 11.2. The molecule has 1 aromatic heterocycles. The van der Waals surface area contributed by atoms with E-state index >= 15 is 0 Å². The Hall–Kier alpha value is -1.88. The number of benzene rings is 1. The Morgan fingerprint density at radius 1 is 1.53 bits per heavy atom. The number of hydrogen-bond donors (Lipinski definition) is 1. The zero-order valence-electron chi connectivity index (χ0n) is 9.93. The fourth-order valence-corrected chi connectivity index (χ4v) is 1.79. The number of amides is 1. The molecule has 2 aromatic rings. The molecule has 0 saturated heterocycles. The van der Waals surface area contributed by atoms with Crippen molar-refractivity contribution in [3.05, 3.63) is 29.5 Å². The molecule has 0 radical (unpaired) electrons. The van der Waals surface area contributed by atoms with Crippen LogP contribution in [0.3, 0.4) is 0 Å². The van der Waals surface area contributed by atoms with Gasteiger partial charge < -0.3 is 10.5 Å². The lowest BCUT2D eigenvalue weighted by Crippen LogP contribution is -2.12. The third-order valence-electron chi connectivity index (χ3n) is 2.69. The molecule has 2 N–H and O–H groups in total. The molecule has 0 aliphatic rings. The Morgan fingerprint density at radius 2 is 2.29 bits per heavy atom. The third kappa shape index (κ3) is 2.29. The molecule has 5 heteroatoms. The second-order valence-corrected chi connectivity index (χ2v) is 3.98. The summed E-state index contributed by atoms with van der Waals surface area (Å²) in [5, 5.41) is 5.31. The van der Waals surface area contributed by atoms with Gasteiger partial charge in [-0.2, -0.15) is 5.10 Å². The minimum Gasteiger partial charge on any atom is -0.383 e. The number of aryl methyl sites for hydroxylation is 1. The van der Waals surface area contributed by atoms with E-state index in [0.29, 0.717) is 18.7 Å². The number of carbonyl (C=O) groups excluding carboxylic acids is 1. The molecule has 0 fully saturated rings. The van der Waals surface area contributed by atoms with Crippen LogP contribution in [0, 0.1) is 6.92 Å². The highest BCUT2D eigenvalue weighted by Crippen LogP contribution is 2.18. The van der Waals surface area contributed by atoms with E-state index in [9.17, 15) is 4.79 Å². The molecule has 1 heterocycles. The van der Waals surface area contributed by atoms with Crippen LogP contribution in [0.5, 0.6) is 0 Å². The van der Waals surface area contributed by atoms with Crippen LogP contribution < -0.4 is 5.73 Å². The maximum absolute atomic E-state index is 11.2. The summed E-state index contributed by atoms with van der Waals surface area (Å²) < 4.78 is 6.80. The van der Waals surface area contributed by atoms with Gasteiger partial charge in [0.05, 0.1) is 18.7 Å². The summed E-state index contributed by atoms with van der Waals surface area (Å²) in [5.74, 6) is -0.408. The van der Waals surface area contributed by atoms with Crippen molar-refractivity contribution < 1.29 is 9.53 Å². The zero-order chi connectivity index (χ0) is 12.4. The fourth-order valence-electron chi connectivity index (χ4n) is 1.79. The first-order valence-corrected chi connectivity index (χ1v) is 5.38. The molecule has 1 aromatic carbocycles. The molecular weight excluding hydrogens is 218 g/mol. The lowest BCUT2D eigenvalue weighted by Gasteiger charge is -1.99. The minimum atomic E-state index is -0.408. The normalized spacial score (nSPS) is 10.9. The van der Waals surface area contributed by atoms with Crippen LogP contribution >= 0.6 is 0 Å². The first kappa shape index (κ1) is 11.6. The van der Waals surface area contributed by atoms with E-state index in [-0.39, 0.29) is 0 Å². The Balaban J connectivity index is 2.43. The number of nitrogens with two attached hydrogens (primary N) is 1. The molecule has 0 bridgehead atoms. The lowest BCUT2D eigenvalue weighted by molar-refractivity contribution is 0.1000. The molecule has 17 heavy (non-hydrogen) atoms. The number of primary amides is 1. The van der Waals surface area contributed by atoms with Crippen LogP contribution in [-0.2, 0) is 11.3 Å². The van der Waals surface area contributed by atoms with Gasteiger partial charge in [-0.25, -0.2) is 0 Å². The van der Waals surface area contributed by atoms with Crippen LogP contribution in [0.2, 0.25) is 0 Å². The molecule has 90 valence electrons. The van der Waals surface area contributed by atoms with Gasteiger partial charge in [0.15, 0.2) is 0 Å². The highest BCUT2D eigenvalue weighted by Gasteiger charge is 2.09. The SMILES string of the molecule is COCCn1cc2cc(C(N)=O)c(C)cc2n1. The molecule has 0 aliphatic heterocycles. The number of fused-ring (bicyclic) bond motifs is 1. The zero-order valence-corrected chi connectivity index (χ0v) is 9.93. The highest BCUT2D eigenvalue weighted by molar-refractivity contribution is 5.98. The lowest BCUT2D eigenvalue weighted by atomic mass is 10.1. The van der Waals surface area contributed by atoms with Gasteiger partial charge in [0, 0.05) is 24.3 Å². The molecule has 0 aliphatic carbocycles. The average Bonchev–Trinajstić information content (AvgIpc) is 2.66. The summed E-state index contributed by atoms with van der Waals surface area (Å²) in [6.45, 7) is 3.15. The van der Waals surface area contributed by atoms with Gasteiger partial charge >= 0.3 is 0 Å². The van der Waals surface area contributed by atoms with Gasteiger partial charge in [0.2, 0.25) is 5.91 Å². The van der Waals surface area contributed by atoms with Crippen molar-refractivity contribution >= 4 is 16.8 Å². The maximum Gasteiger partial charge on any atom is 0.248 e. The van der Waals surface area contributed by atoms with Crippen molar-refractivity contribution in [3.63, 3.8) is 0 Å². The highest BCUT2D eigenvalue weighted by atomic mass is 16.5.